The zero-order chi connectivity index (χ0) is 25.9. The highest BCUT2D eigenvalue weighted by Gasteiger charge is 2.29. The summed E-state index contributed by atoms with van der Waals surface area (Å²) < 4.78 is 17.1. The number of hydrogen-bond acceptors (Lipinski definition) is 7. The van der Waals surface area contributed by atoms with E-state index in [0.717, 1.165) is 18.7 Å². The number of carbonyl (C=O) groups is 3. The number of fused-ring (bicyclic) bond motifs is 1. The van der Waals surface area contributed by atoms with Crippen LogP contribution in [-0.4, -0.2) is 73.8 Å². The highest BCUT2D eigenvalue weighted by Crippen LogP contribution is 2.34. The van der Waals surface area contributed by atoms with Gasteiger partial charge >= 0.3 is 0 Å². The minimum absolute atomic E-state index is 0.114. The number of likely N-dealkylation sites (N-methyl/N-ethyl adjacent to an activating group) is 1. The molecule has 3 aromatic rings. The maximum atomic E-state index is 12.8. The first kappa shape index (κ1) is 24.6. The monoisotopic (exact) mass is 503 g/mol. The number of Topliss-reactive ketones (excluding diaryl/α,β-unsaturated/α-hetero) is 1. The van der Waals surface area contributed by atoms with Crippen LogP contribution in [0.3, 0.4) is 0 Å². The Bertz CT molecular complexity index is 1310. The predicted octanol–water partition coefficient (Wildman–Crippen LogP) is 3.16. The van der Waals surface area contributed by atoms with E-state index in [1.54, 1.807) is 35.2 Å². The SMILES string of the molecule is Cc1ccc(OCC(=O)c2ccc3c(c2)N(Cc2ccc(C(=O)N4CCN(C)CC4)o2)C(=O)CO3)cc1. The number of ether oxygens (including phenoxy) is 2. The van der Waals surface area contributed by atoms with Gasteiger partial charge in [0.1, 0.15) is 17.3 Å². The number of nitrogens with zero attached hydrogens (tertiary/aromatic N) is 3. The molecule has 0 spiro atoms. The first-order valence-corrected chi connectivity index (χ1v) is 12.2. The number of piperazine rings is 1. The lowest BCUT2D eigenvalue weighted by Crippen LogP contribution is -2.47. The van der Waals surface area contributed by atoms with Gasteiger partial charge in [-0.2, -0.15) is 0 Å². The van der Waals surface area contributed by atoms with Crippen LogP contribution < -0.4 is 14.4 Å². The Labute approximate surface area is 215 Å². The van der Waals surface area contributed by atoms with Crippen molar-refractivity contribution >= 4 is 23.3 Å². The fourth-order valence-electron chi connectivity index (χ4n) is 4.31. The zero-order valence-corrected chi connectivity index (χ0v) is 20.9. The molecule has 1 saturated heterocycles. The van der Waals surface area contributed by atoms with Crippen molar-refractivity contribution in [2.24, 2.45) is 0 Å². The molecule has 2 amide bonds. The Kier molecular flexibility index (Phi) is 6.96. The summed E-state index contributed by atoms with van der Waals surface area (Å²) >= 11 is 0. The van der Waals surface area contributed by atoms with Crippen molar-refractivity contribution in [1.82, 2.24) is 9.80 Å². The van der Waals surface area contributed by atoms with E-state index >= 15 is 0 Å². The summed E-state index contributed by atoms with van der Waals surface area (Å²) in [6.07, 6.45) is 0. The van der Waals surface area contributed by atoms with E-state index in [0.29, 0.717) is 41.6 Å². The standard InChI is InChI=1S/C28H29N3O6/c1-19-3-6-21(7-4-19)35-17-24(32)20-5-9-25-23(15-20)31(27(33)18-36-25)16-22-8-10-26(37-22)28(34)30-13-11-29(2)12-14-30/h3-10,15H,11-14,16-18H2,1-2H3. The largest absolute Gasteiger partial charge is 0.485 e. The van der Waals surface area contributed by atoms with Crippen molar-refractivity contribution in [3.63, 3.8) is 0 Å². The Morgan fingerprint density at radius 1 is 0.973 bits per heavy atom. The molecule has 2 aliphatic rings. The van der Waals surface area contributed by atoms with Crippen molar-refractivity contribution < 1.29 is 28.3 Å². The van der Waals surface area contributed by atoms with E-state index in [9.17, 15) is 14.4 Å². The second-order valence-corrected chi connectivity index (χ2v) is 9.34. The number of aryl methyl sites for hydroxylation is 1. The molecule has 2 aromatic carbocycles. The molecular formula is C28H29N3O6. The van der Waals surface area contributed by atoms with Crippen LogP contribution >= 0.6 is 0 Å². The molecular weight excluding hydrogens is 474 g/mol. The highest BCUT2D eigenvalue weighted by atomic mass is 16.5. The van der Waals surface area contributed by atoms with Crippen LogP contribution in [0.4, 0.5) is 5.69 Å². The van der Waals surface area contributed by atoms with E-state index < -0.39 is 0 Å². The summed E-state index contributed by atoms with van der Waals surface area (Å²) in [6, 6.07) is 15.8. The molecule has 1 aromatic heterocycles. The second kappa shape index (κ2) is 10.5. The van der Waals surface area contributed by atoms with Crippen molar-refractivity contribution in [1.29, 1.82) is 0 Å². The van der Waals surface area contributed by atoms with E-state index in [-0.39, 0.29) is 43.1 Å². The highest BCUT2D eigenvalue weighted by molar-refractivity contribution is 6.02. The summed E-state index contributed by atoms with van der Waals surface area (Å²) in [5.74, 6) is 1.17. The molecule has 0 saturated carbocycles. The number of rotatable bonds is 7. The molecule has 0 bridgehead atoms. The lowest BCUT2D eigenvalue weighted by Gasteiger charge is -2.31. The topological polar surface area (TPSA) is 92.5 Å². The number of benzene rings is 2. The van der Waals surface area contributed by atoms with Crippen LogP contribution in [0.1, 0.15) is 32.2 Å². The molecule has 5 rings (SSSR count). The number of furan rings is 1. The van der Waals surface area contributed by atoms with Crippen LogP contribution in [0.25, 0.3) is 0 Å². The third kappa shape index (κ3) is 5.51. The normalized spacial score (nSPS) is 15.8. The molecule has 1 fully saturated rings. The summed E-state index contributed by atoms with van der Waals surface area (Å²) in [5, 5.41) is 0. The summed E-state index contributed by atoms with van der Waals surface area (Å²) in [7, 11) is 2.03. The van der Waals surface area contributed by atoms with Gasteiger partial charge in [-0.25, -0.2) is 0 Å². The van der Waals surface area contributed by atoms with Gasteiger partial charge in [0.2, 0.25) is 0 Å². The molecule has 0 N–H and O–H groups in total. The van der Waals surface area contributed by atoms with E-state index in [2.05, 4.69) is 4.90 Å². The van der Waals surface area contributed by atoms with Crippen molar-refractivity contribution in [2.45, 2.75) is 13.5 Å². The fraction of sp³-hybridized carbons (Fsp3) is 0.321. The molecule has 9 nitrogen and oxygen atoms in total. The molecule has 3 heterocycles. The van der Waals surface area contributed by atoms with E-state index in [1.807, 2.05) is 38.2 Å². The average molecular weight is 504 g/mol. The minimum Gasteiger partial charge on any atom is -0.485 e. The van der Waals surface area contributed by atoms with Gasteiger partial charge in [0.15, 0.2) is 24.8 Å². The van der Waals surface area contributed by atoms with Crippen LogP contribution in [0.2, 0.25) is 0 Å². The van der Waals surface area contributed by atoms with Gasteiger partial charge in [0, 0.05) is 31.7 Å². The lowest BCUT2D eigenvalue weighted by atomic mass is 10.1. The Hall–Kier alpha value is -4.11. The maximum absolute atomic E-state index is 12.8. The van der Waals surface area contributed by atoms with Gasteiger partial charge in [0.05, 0.1) is 12.2 Å². The van der Waals surface area contributed by atoms with Gasteiger partial charge in [-0.15, -0.1) is 0 Å². The Balaban J connectivity index is 1.29. The molecule has 0 atom stereocenters. The fourth-order valence-corrected chi connectivity index (χ4v) is 4.31. The van der Waals surface area contributed by atoms with Crippen molar-refractivity contribution in [3.05, 3.63) is 77.2 Å². The summed E-state index contributed by atoms with van der Waals surface area (Å²) in [5.41, 5.74) is 1.98. The first-order valence-electron chi connectivity index (χ1n) is 12.2. The third-order valence-electron chi connectivity index (χ3n) is 6.59. The van der Waals surface area contributed by atoms with Gasteiger partial charge < -0.3 is 23.7 Å². The van der Waals surface area contributed by atoms with Gasteiger partial charge in [-0.1, -0.05) is 17.7 Å². The Morgan fingerprint density at radius 3 is 2.49 bits per heavy atom. The smallest absolute Gasteiger partial charge is 0.289 e. The van der Waals surface area contributed by atoms with Crippen LogP contribution in [-0.2, 0) is 11.3 Å². The molecule has 37 heavy (non-hydrogen) atoms. The van der Waals surface area contributed by atoms with Crippen molar-refractivity contribution in [2.75, 3.05) is 51.3 Å². The second-order valence-electron chi connectivity index (χ2n) is 9.34. The summed E-state index contributed by atoms with van der Waals surface area (Å²) in [4.78, 5) is 43.9. The molecule has 0 radical (unpaired) electrons. The predicted molar refractivity (Wildman–Crippen MR) is 136 cm³/mol. The molecule has 9 heteroatoms. The van der Waals surface area contributed by atoms with Gasteiger partial charge in [-0.05, 0) is 56.4 Å². The van der Waals surface area contributed by atoms with Crippen LogP contribution in [0, 0.1) is 6.92 Å². The quantitative estimate of drug-likeness (QED) is 0.458. The number of carbonyl (C=O) groups excluding carboxylic acids is 3. The van der Waals surface area contributed by atoms with Crippen molar-refractivity contribution in [3.8, 4) is 11.5 Å². The molecule has 2 aliphatic heterocycles. The van der Waals surface area contributed by atoms with Crippen LogP contribution in [0.5, 0.6) is 11.5 Å². The lowest BCUT2D eigenvalue weighted by molar-refractivity contribution is -0.121. The number of amides is 2. The zero-order valence-electron chi connectivity index (χ0n) is 20.9. The van der Waals surface area contributed by atoms with E-state index in [1.165, 1.54) is 4.90 Å². The third-order valence-corrected chi connectivity index (χ3v) is 6.59. The summed E-state index contributed by atoms with van der Waals surface area (Å²) in [6.45, 7) is 4.76. The molecule has 0 aliphatic carbocycles. The molecule has 0 unspecified atom stereocenters. The average Bonchev–Trinajstić information content (AvgIpc) is 3.38. The van der Waals surface area contributed by atoms with Gasteiger partial charge in [0.25, 0.3) is 11.8 Å². The molecule has 192 valence electrons. The number of ketones is 1. The maximum Gasteiger partial charge on any atom is 0.289 e. The number of hydrogen-bond donors (Lipinski definition) is 0. The minimum atomic E-state index is -0.267. The first-order chi connectivity index (χ1) is 17.9. The van der Waals surface area contributed by atoms with E-state index in [4.69, 9.17) is 13.9 Å². The van der Waals surface area contributed by atoms with Gasteiger partial charge in [-0.3, -0.25) is 19.3 Å². The Morgan fingerprint density at radius 2 is 1.73 bits per heavy atom. The number of anilines is 1. The van der Waals surface area contributed by atoms with Crippen LogP contribution in [0.15, 0.2) is 59.0 Å².